The molecule has 25 heavy (non-hydrogen) atoms. The van der Waals surface area contributed by atoms with Gasteiger partial charge in [0.25, 0.3) is 5.56 Å². The maximum Gasteiger partial charge on any atom is 0.309 e. The Morgan fingerprint density at radius 3 is 2.84 bits per heavy atom. The van der Waals surface area contributed by atoms with Gasteiger partial charge in [0.15, 0.2) is 0 Å². The van der Waals surface area contributed by atoms with E-state index in [1.165, 1.54) is 0 Å². The lowest BCUT2D eigenvalue weighted by Crippen LogP contribution is -2.10. The molecule has 128 valence electrons. The topological polar surface area (TPSA) is 81.3 Å². The Kier molecular flexibility index (Phi) is 5.09. The number of benzene rings is 2. The molecule has 0 saturated heterocycles. The summed E-state index contributed by atoms with van der Waals surface area (Å²) in [5.41, 5.74) is 1.18. The van der Waals surface area contributed by atoms with Crippen LogP contribution in [0.4, 0.5) is 0 Å². The highest BCUT2D eigenvalue weighted by molar-refractivity contribution is 5.79. The Labute approximate surface area is 144 Å². The fraction of sp³-hybridized carbons (Fsp3) is 0.211. The van der Waals surface area contributed by atoms with E-state index in [4.69, 9.17) is 9.47 Å². The highest BCUT2D eigenvalue weighted by Crippen LogP contribution is 2.21. The van der Waals surface area contributed by atoms with E-state index in [-0.39, 0.29) is 24.6 Å². The van der Waals surface area contributed by atoms with Gasteiger partial charge in [-0.15, -0.1) is 0 Å². The number of aromatic amines is 1. The summed E-state index contributed by atoms with van der Waals surface area (Å²) in [5, 5.41) is 0.549. The van der Waals surface area contributed by atoms with Gasteiger partial charge in [-0.2, -0.15) is 0 Å². The molecule has 0 spiro atoms. The van der Waals surface area contributed by atoms with Gasteiger partial charge in [0, 0.05) is 5.56 Å². The first-order valence-electron chi connectivity index (χ1n) is 8.05. The summed E-state index contributed by atoms with van der Waals surface area (Å²) in [6.45, 7) is 2.35. The third kappa shape index (κ3) is 4.03. The number of hydrogen-bond donors (Lipinski definition) is 1. The number of hydrogen-bond acceptors (Lipinski definition) is 5. The van der Waals surface area contributed by atoms with Gasteiger partial charge in [-0.25, -0.2) is 4.98 Å². The predicted octanol–water partition coefficient (Wildman–Crippen LogP) is 2.92. The molecule has 0 aliphatic heterocycles. The summed E-state index contributed by atoms with van der Waals surface area (Å²) in [5.74, 6) is 0.774. The molecule has 0 bridgehead atoms. The van der Waals surface area contributed by atoms with E-state index in [2.05, 4.69) is 9.97 Å². The number of para-hydroxylation sites is 1. The van der Waals surface area contributed by atoms with E-state index in [0.29, 0.717) is 29.1 Å². The molecule has 0 saturated carbocycles. The number of fused-ring (bicyclic) bond motifs is 1. The molecule has 0 radical (unpaired) electrons. The quantitative estimate of drug-likeness (QED) is 0.699. The van der Waals surface area contributed by atoms with Crippen LogP contribution in [0.15, 0.2) is 53.3 Å². The minimum absolute atomic E-state index is 0.184. The normalized spacial score (nSPS) is 10.6. The van der Waals surface area contributed by atoms with Crippen molar-refractivity contribution in [1.29, 1.82) is 0 Å². The fourth-order valence-electron chi connectivity index (χ4n) is 2.44. The molecule has 6 nitrogen and oxygen atoms in total. The van der Waals surface area contributed by atoms with Crippen molar-refractivity contribution in [3.8, 4) is 17.1 Å². The van der Waals surface area contributed by atoms with Crippen molar-refractivity contribution < 1.29 is 14.3 Å². The van der Waals surface area contributed by atoms with Crippen LogP contribution in [-0.2, 0) is 9.53 Å². The monoisotopic (exact) mass is 338 g/mol. The van der Waals surface area contributed by atoms with Crippen molar-refractivity contribution in [3.05, 3.63) is 58.9 Å². The van der Waals surface area contributed by atoms with Crippen LogP contribution in [0.1, 0.15) is 13.3 Å². The molecule has 3 rings (SSSR count). The lowest BCUT2D eigenvalue weighted by Gasteiger charge is -2.08. The van der Waals surface area contributed by atoms with Crippen molar-refractivity contribution in [2.45, 2.75) is 13.3 Å². The largest absolute Gasteiger partial charge is 0.493 e. The number of nitrogens with zero attached hydrogens (tertiary/aromatic N) is 1. The minimum atomic E-state index is -0.292. The average Bonchev–Trinajstić information content (AvgIpc) is 2.62. The molecule has 1 aromatic heterocycles. The van der Waals surface area contributed by atoms with Crippen molar-refractivity contribution in [1.82, 2.24) is 9.97 Å². The summed E-state index contributed by atoms with van der Waals surface area (Å²) in [7, 11) is 0. The van der Waals surface area contributed by atoms with Gasteiger partial charge in [-0.3, -0.25) is 9.59 Å². The number of H-pyrrole nitrogens is 1. The first kappa shape index (κ1) is 16.7. The minimum Gasteiger partial charge on any atom is -0.493 e. The zero-order chi connectivity index (χ0) is 17.6. The number of rotatable bonds is 6. The van der Waals surface area contributed by atoms with Crippen LogP contribution in [-0.4, -0.2) is 29.2 Å². The molecule has 0 amide bonds. The van der Waals surface area contributed by atoms with Gasteiger partial charge in [-0.1, -0.05) is 24.3 Å². The molecular formula is C19H18N2O4. The van der Waals surface area contributed by atoms with Crippen LogP contribution in [0.2, 0.25) is 0 Å². The summed E-state index contributed by atoms with van der Waals surface area (Å²) >= 11 is 0. The van der Waals surface area contributed by atoms with Crippen molar-refractivity contribution in [2.24, 2.45) is 0 Å². The SMILES string of the molecule is CCOC(=O)CCOc1cccc(-c2nc3ccccc3c(=O)[nH]2)c1. The van der Waals surface area contributed by atoms with Crippen LogP contribution in [0.3, 0.4) is 0 Å². The smallest absolute Gasteiger partial charge is 0.309 e. The van der Waals surface area contributed by atoms with E-state index in [1.807, 2.05) is 18.2 Å². The molecule has 3 aromatic rings. The number of carbonyl (C=O) groups is 1. The third-order valence-corrected chi connectivity index (χ3v) is 3.60. The molecule has 0 aliphatic rings. The Morgan fingerprint density at radius 2 is 2.00 bits per heavy atom. The zero-order valence-corrected chi connectivity index (χ0v) is 13.8. The second-order valence-corrected chi connectivity index (χ2v) is 5.36. The highest BCUT2D eigenvalue weighted by Gasteiger charge is 2.07. The average molecular weight is 338 g/mol. The van der Waals surface area contributed by atoms with Crippen LogP contribution >= 0.6 is 0 Å². The molecule has 6 heteroatoms. The van der Waals surface area contributed by atoms with E-state index >= 15 is 0 Å². The molecule has 1 N–H and O–H groups in total. The van der Waals surface area contributed by atoms with Gasteiger partial charge in [0.05, 0.1) is 30.5 Å². The maximum absolute atomic E-state index is 12.2. The van der Waals surface area contributed by atoms with Crippen LogP contribution in [0.5, 0.6) is 5.75 Å². The van der Waals surface area contributed by atoms with E-state index < -0.39 is 0 Å². The van der Waals surface area contributed by atoms with Crippen LogP contribution in [0.25, 0.3) is 22.3 Å². The van der Waals surface area contributed by atoms with E-state index in [0.717, 1.165) is 5.56 Å². The van der Waals surface area contributed by atoms with Crippen molar-refractivity contribution in [3.63, 3.8) is 0 Å². The molecule has 0 fully saturated rings. The Bertz CT molecular complexity index is 949. The lowest BCUT2D eigenvalue weighted by molar-refractivity contribution is -0.143. The van der Waals surface area contributed by atoms with Gasteiger partial charge < -0.3 is 14.5 Å². The predicted molar refractivity (Wildman–Crippen MR) is 94.5 cm³/mol. The Hall–Kier alpha value is -3.15. The number of carbonyl (C=O) groups excluding carboxylic acids is 1. The summed E-state index contributed by atoms with van der Waals surface area (Å²) in [4.78, 5) is 30.8. The van der Waals surface area contributed by atoms with E-state index in [1.54, 1.807) is 37.3 Å². The zero-order valence-electron chi connectivity index (χ0n) is 13.8. The van der Waals surface area contributed by atoms with Gasteiger partial charge in [0.2, 0.25) is 0 Å². The molecule has 2 aromatic carbocycles. The number of esters is 1. The Morgan fingerprint density at radius 1 is 1.16 bits per heavy atom. The first-order valence-corrected chi connectivity index (χ1v) is 8.05. The van der Waals surface area contributed by atoms with Crippen molar-refractivity contribution >= 4 is 16.9 Å². The second-order valence-electron chi connectivity index (χ2n) is 5.36. The van der Waals surface area contributed by atoms with Crippen LogP contribution < -0.4 is 10.3 Å². The number of nitrogens with one attached hydrogen (secondary N) is 1. The Balaban J connectivity index is 1.80. The molecule has 0 atom stereocenters. The maximum atomic E-state index is 12.2. The fourth-order valence-corrected chi connectivity index (χ4v) is 2.44. The highest BCUT2D eigenvalue weighted by atomic mass is 16.5. The molecular weight excluding hydrogens is 320 g/mol. The second kappa shape index (κ2) is 7.61. The van der Waals surface area contributed by atoms with Gasteiger partial charge >= 0.3 is 5.97 Å². The molecule has 1 heterocycles. The molecule has 0 aliphatic carbocycles. The first-order chi connectivity index (χ1) is 12.2. The van der Waals surface area contributed by atoms with Crippen molar-refractivity contribution in [2.75, 3.05) is 13.2 Å². The number of ether oxygens (including phenoxy) is 2. The third-order valence-electron chi connectivity index (χ3n) is 3.60. The molecule has 0 unspecified atom stereocenters. The van der Waals surface area contributed by atoms with E-state index in [9.17, 15) is 9.59 Å². The summed E-state index contributed by atoms with van der Waals surface area (Å²) in [6.07, 6.45) is 0.184. The van der Waals surface area contributed by atoms with Crippen LogP contribution in [0, 0.1) is 0 Å². The number of aromatic nitrogens is 2. The lowest BCUT2D eigenvalue weighted by atomic mass is 10.2. The van der Waals surface area contributed by atoms with Gasteiger partial charge in [-0.05, 0) is 31.2 Å². The summed E-state index contributed by atoms with van der Waals surface area (Å²) in [6, 6.07) is 14.4. The summed E-state index contributed by atoms with van der Waals surface area (Å²) < 4.78 is 10.4. The standard InChI is InChI=1S/C19H18N2O4/c1-2-24-17(22)10-11-25-14-7-5-6-13(12-14)18-20-16-9-4-3-8-15(16)19(23)21-18/h3-9,12H,2,10-11H2,1H3,(H,20,21,23). The van der Waals surface area contributed by atoms with Gasteiger partial charge in [0.1, 0.15) is 11.6 Å².